The van der Waals surface area contributed by atoms with Gasteiger partial charge in [-0.25, -0.2) is 0 Å². The van der Waals surface area contributed by atoms with E-state index in [0.29, 0.717) is 18.5 Å². The Bertz CT molecular complexity index is 808. The van der Waals surface area contributed by atoms with Crippen LogP contribution in [0.25, 0.3) is 0 Å². The first-order chi connectivity index (χ1) is 13.2. The number of hydrogen-bond acceptors (Lipinski definition) is 3. The van der Waals surface area contributed by atoms with Gasteiger partial charge in [0.05, 0.1) is 12.6 Å². The number of ether oxygens (including phenoxy) is 1. The lowest BCUT2D eigenvalue weighted by Gasteiger charge is -2.27. The first kappa shape index (κ1) is 18.2. The Morgan fingerprint density at radius 1 is 1.19 bits per heavy atom. The largest absolute Gasteiger partial charge is 0.493 e. The van der Waals surface area contributed by atoms with Gasteiger partial charge < -0.3 is 20.7 Å². The summed E-state index contributed by atoms with van der Waals surface area (Å²) in [6.45, 7) is 3.56. The van der Waals surface area contributed by atoms with E-state index in [1.165, 1.54) is 5.69 Å². The molecule has 2 aliphatic heterocycles. The lowest BCUT2D eigenvalue weighted by Crippen LogP contribution is -2.37. The number of benzene rings is 2. The molecular formula is C21H25BrN4O. The molecule has 2 heterocycles. The topological polar surface area (TPSA) is 62.9 Å². The van der Waals surface area contributed by atoms with Crippen LogP contribution >= 0.6 is 15.9 Å². The Morgan fingerprint density at radius 3 is 2.85 bits per heavy atom. The maximum absolute atomic E-state index is 6.18. The van der Waals surface area contributed by atoms with Crippen LogP contribution < -0.4 is 20.7 Å². The van der Waals surface area contributed by atoms with Crippen molar-refractivity contribution in [2.45, 2.75) is 18.9 Å². The number of halogens is 1. The molecule has 1 saturated heterocycles. The normalized spacial score (nSPS) is 22.3. The Hall–Kier alpha value is -2.21. The van der Waals surface area contributed by atoms with E-state index in [1.54, 1.807) is 0 Å². The third-order valence-electron chi connectivity index (χ3n) is 5.28. The molecule has 2 aromatic rings. The van der Waals surface area contributed by atoms with Crippen molar-refractivity contribution in [2.24, 2.45) is 16.6 Å². The molecule has 6 heteroatoms. The number of hydrogen-bond donors (Lipinski definition) is 2. The first-order valence-electron chi connectivity index (χ1n) is 9.48. The predicted molar refractivity (Wildman–Crippen MR) is 113 cm³/mol. The molecule has 2 unspecified atom stereocenters. The second-order valence-corrected chi connectivity index (χ2v) is 8.09. The summed E-state index contributed by atoms with van der Waals surface area (Å²) >= 11 is 3.49. The lowest BCUT2D eigenvalue weighted by molar-refractivity contribution is 0.262. The van der Waals surface area contributed by atoms with E-state index < -0.39 is 0 Å². The minimum absolute atomic E-state index is 0.168. The molecule has 4 rings (SSSR count). The van der Waals surface area contributed by atoms with Crippen molar-refractivity contribution < 1.29 is 4.74 Å². The molecule has 3 N–H and O–H groups in total. The van der Waals surface area contributed by atoms with Gasteiger partial charge in [-0.05, 0) is 42.7 Å². The summed E-state index contributed by atoms with van der Waals surface area (Å²) in [7, 11) is 0. The standard InChI is InChI=1S/C21H25BrN4O/c22-16-5-7-17(8-6-16)26-11-9-15(14-26)13-24-21(23)25-19-10-12-27-20-4-2-1-3-18(19)20/h1-8,15,19H,9-14H2,(H3,23,24,25). The number of anilines is 1. The van der Waals surface area contributed by atoms with E-state index in [1.807, 2.05) is 18.2 Å². The van der Waals surface area contributed by atoms with Crippen molar-refractivity contribution in [3.05, 3.63) is 58.6 Å². The molecule has 0 spiro atoms. The summed E-state index contributed by atoms with van der Waals surface area (Å²) in [6.07, 6.45) is 2.04. The average Bonchev–Trinajstić information content (AvgIpc) is 3.16. The molecular weight excluding hydrogens is 404 g/mol. The molecule has 2 aliphatic rings. The monoisotopic (exact) mass is 428 g/mol. The van der Waals surface area contributed by atoms with E-state index in [0.717, 1.165) is 48.3 Å². The molecule has 0 bridgehead atoms. The van der Waals surface area contributed by atoms with E-state index >= 15 is 0 Å². The Kier molecular flexibility index (Phi) is 5.53. The zero-order valence-corrected chi connectivity index (χ0v) is 16.9. The quantitative estimate of drug-likeness (QED) is 0.575. The first-order valence-corrected chi connectivity index (χ1v) is 10.3. The number of guanidine groups is 1. The van der Waals surface area contributed by atoms with Crippen molar-refractivity contribution in [3.63, 3.8) is 0 Å². The molecule has 2 atom stereocenters. The second-order valence-electron chi connectivity index (χ2n) is 7.17. The van der Waals surface area contributed by atoms with Crippen LogP contribution in [0, 0.1) is 5.92 Å². The SMILES string of the molecule is NC(=NCC1CCN(c2ccc(Br)cc2)C1)NC1CCOc2ccccc21. The van der Waals surface area contributed by atoms with Gasteiger partial charge in [0.1, 0.15) is 5.75 Å². The predicted octanol–water partition coefficient (Wildman–Crippen LogP) is 3.70. The molecule has 0 aliphatic carbocycles. The number of fused-ring (bicyclic) bond motifs is 1. The number of para-hydroxylation sites is 1. The van der Waals surface area contributed by atoms with Gasteiger partial charge in [0, 0.05) is 41.8 Å². The fourth-order valence-corrected chi connectivity index (χ4v) is 4.08. The van der Waals surface area contributed by atoms with Gasteiger partial charge in [0.25, 0.3) is 0 Å². The average molecular weight is 429 g/mol. The third-order valence-corrected chi connectivity index (χ3v) is 5.81. The summed E-state index contributed by atoms with van der Waals surface area (Å²) in [5, 5.41) is 3.38. The van der Waals surface area contributed by atoms with Crippen molar-refractivity contribution in [3.8, 4) is 5.75 Å². The van der Waals surface area contributed by atoms with E-state index in [2.05, 4.69) is 61.5 Å². The number of nitrogens with zero attached hydrogens (tertiary/aromatic N) is 2. The van der Waals surface area contributed by atoms with Crippen LogP contribution in [0.1, 0.15) is 24.4 Å². The minimum Gasteiger partial charge on any atom is -0.493 e. The number of nitrogens with one attached hydrogen (secondary N) is 1. The molecule has 5 nitrogen and oxygen atoms in total. The van der Waals surface area contributed by atoms with Gasteiger partial charge in [-0.3, -0.25) is 4.99 Å². The third kappa shape index (κ3) is 4.38. The van der Waals surface area contributed by atoms with Crippen LogP contribution in [0.15, 0.2) is 58.0 Å². The smallest absolute Gasteiger partial charge is 0.189 e. The van der Waals surface area contributed by atoms with Crippen LogP contribution in [0.3, 0.4) is 0 Å². The van der Waals surface area contributed by atoms with Crippen molar-refractivity contribution in [1.29, 1.82) is 0 Å². The molecule has 0 amide bonds. The maximum Gasteiger partial charge on any atom is 0.189 e. The molecule has 27 heavy (non-hydrogen) atoms. The van der Waals surface area contributed by atoms with Crippen molar-refractivity contribution in [2.75, 3.05) is 31.1 Å². The second kappa shape index (κ2) is 8.21. The van der Waals surface area contributed by atoms with E-state index in [-0.39, 0.29) is 6.04 Å². The molecule has 0 saturated carbocycles. The summed E-state index contributed by atoms with van der Waals surface area (Å²) in [5.74, 6) is 2.00. The van der Waals surface area contributed by atoms with Gasteiger partial charge in [-0.15, -0.1) is 0 Å². The zero-order chi connectivity index (χ0) is 18.6. The Labute approximate surface area is 168 Å². The van der Waals surface area contributed by atoms with Crippen LogP contribution in [-0.2, 0) is 0 Å². The summed E-state index contributed by atoms with van der Waals surface area (Å²) in [6, 6.07) is 16.8. The van der Waals surface area contributed by atoms with Crippen LogP contribution in [0.2, 0.25) is 0 Å². The Morgan fingerprint density at radius 2 is 2.00 bits per heavy atom. The fourth-order valence-electron chi connectivity index (χ4n) is 3.81. The van der Waals surface area contributed by atoms with Gasteiger partial charge in [0.2, 0.25) is 0 Å². The van der Waals surface area contributed by atoms with Crippen LogP contribution in [-0.4, -0.2) is 32.2 Å². The van der Waals surface area contributed by atoms with Crippen LogP contribution in [0.5, 0.6) is 5.75 Å². The molecule has 2 aromatic carbocycles. The van der Waals surface area contributed by atoms with Gasteiger partial charge in [-0.2, -0.15) is 0 Å². The Balaban J connectivity index is 1.32. The lowest BCUT2D eigenvalue weighted by atomic mass is 10.0. The van der Waals surface area contributed by atoms with Crippen molar-refractivity contribution >= 4 is 27.6 Å². The van der Waals surface area contributed by atoms with Gasteiger partial charge >= 0.3 is 0 Å². The highest BCUT2D eigenvalue weighted by atomic mass is 79.9. The molecule has 1 fully saturated rings. The van der Waals surface area contributed by atoms with Gasteiger partial charge in [0.15, 0.2) is 5.96 Å². The highest BCUT2D eigenvalue weighted by Crippen LogP contribution is 2.31. The number of aliphatic imine (C=N–C) groups is 1. The number of nitrogens with two attached hydrogens (primary N) is 1. The van der Waals surface area contributed by atoms with Crippen LogP contribution in [0.4, 0.5) is 5.69 Å². The highest BCUT2D eigenvalue weighted by Gasteiger charge is 2.24. The molecule has 142 valence electrons. The van der Waals surface area contributed by atoms with Gasteiger partial charge in [-0.1, -0.05) is 34.1 Å². The zero-order valence-electron chi connectivity index (χ0n) is 15.3. The molecule has 0 radical (unpaired) electrons. The summed E-state index contributed by atoms with van der Waals surface area (Å²) in [5.41, 5.74) is 8.61. The van der Waals surface area contributed by atoms with E-state index in [4.69, 9.17) is 10.5 Å². The minimum atomic E-state index is 0.168. The highest BCUT2D eigenvalue weighted by molar-refractivity contribution is 9.10. The van der Waals surface area contributed by atoms with Crippen molar-refractivity contribution in [1.82, 2.24) is 5.32 Å². The summed E-state index contributed by atoms with van der Waals surface area (Å²) < 4.78 is 6.82. The fraction of sp³-hybridized carbons (Fsp3) is 0.381. The van der Waals surface area contributed by atoms with E-state index in [9.17, 15) is 0 Å². The number of rotatable bonds is 4. The maximum atomic E-state index is 6.18. The summed E-state index contributed by atoms with van der Waals surface area (Å²) in [4.78, 5) is 7.05. The molecule has 0 aromatic heterocycles.